The van der Waals surface area contributed by atoms with Gasteiger partial charge in [-0.3, -0.25) is 9.78 Å². The lowest BCUT2D eigenvalue weighted by Gasteiger charge is -2.27. The first-order chi connectivity index (χ1) is 7.98. The molecule has 0 atom stereocenters. The number of aromatic nitrogens is 2. The van der Waals surface area contributed by atoms with E-state index in [0.29, 0.717) is 5.95 Å². The quantitative estimate of drug-likeness (QED) is 0.676. The fraction of sp³-hybridized carbons (Fsp3) is 0.556. The van der Waals surface area contributed by atoms with E-state index in [4.69, 9.17) is 0 Å². The highest BCUT2D eigenvalue weighted by Gasteiger charge is 2.17. The molecule has 1 aromatic heterocycles. The Morgan fingerprint density at radius 2 is 2.00 bits per heavy atom. The summed E-state index contributed by atoms with van der Waals surface area (Å²) in [6, 6.07) is 0. The zero-order valence-electron chi connectivity index (χ0n) is 9.43. The van der Waals surface area contributed by atoms with Gasteiger partial charge < -0.3 is 10.2 Å². The van der Waals surface area contributed by atoms with Crippen molar-refractivity contribution < 1.29 is 8.42 Å². The van der Waals surface area contributed by atoms with Crippen LogP contribution < -0.4 is 15.8 Å². The van der Waals surface area contributed by atoms with Crippen molar-refractivity contribution in [1.29, 1.82) is 0 Å². The number of hydrogen-bond donors (Lipinski definition) is 2. The Morgan fingerprint density at radius 1 is 1.35 bits per heavy atom. The molecule has 0 amide bonds. The van der Waals surface area contributed by atoms with E-state index in [1.807, 2.05) is 4.90 Å². The van der Waals surface area contributed by atoms with E-state index in [1.165, 1.54) is 0 Å². The smallest absolute Gasteiger partial charge is 0.271 e. The van der Waals surface area contributed by atoms with Gasteiger partial charge in [0.25, 0.3) is 5.56 Å². The first-order valence-electron chi connectivity index (χ1n) is 5.23. The van der Waals surface area contributed by atoms with Gasteiger partial charge in [-0.25, -0.2) is 13.4 Å². The number of H-pyrrole nitrogens is 1. The third kappa shape index (κ3) is 2.64. The van der Waals surface area contributed by atoms with Crippen LogP contribution in [0.3, 0.4) is 0 Å². The molecule has 0 aromatic carbocycles. The second-order valence-electron chi connectivity index (χ2n) is 3.91. The van der Waals surface area contributed by atoms with Crippen molar-refractivity contribution >= 4 is 15.8 Å². The number of piperazine rings is 1. The maximum Gasteiger partial charge on any atom is 0.271 e. The molecule has 1 fully saturated rings. The van der Waals surface area contributed by atoms with E-state index in [1.54, 1.807) is 0 Å². The lowest BCUT2D eigenvalue weighted by molar-refractivity contribution is 0.577. The lowest BCUT2D eigenvalue weighted by Crippen LogP contribution is -2.44. The number of nitrogens with one attached hydrogen (secondary N) is 2. The SMILES string of the molecule is CS(=O)(=O)c1cnc(N2CCNCC2)[nH]c1=O. The molecule has 1 aliphatic heterocycles. The van der Waals surface area contributed by atoms with Gasteiger partial charge in [-0.2, -0.15) is 0 Å². The summed E-state index contributed by atoms with van der Waals surface area (Å²) in [4.78, 5) is 19.7. The largest absolute Gasteiger partial charge is 0.340 e. The molecule has 1 aromatic rings. The van der Waals surface area contributed by atoms with Crippen LogP contribution in [0.5, 0.6) is 0 Å². The highest BCUT2D eigenvalue weighted by Crippen LogP contribution is 2.07. The van der Waals surface area contributed by atoms with Crippen LogP contribution in [0.25, 0.3) is 0 Å². The van der Waals surface area contributed by atoms with E-state index in [-0.39, 0.29) is 4.90 Å². The minimum Gasteiger partial charge on any atom is -0.340 e. The molecule has 0 aliphatic carbocycles. The molecule has 2 heterocycles. The Morgan fingerprint density at radius 3 is 2.53 bits per heavy atom. The molecule has 2 rings (SSSR count). The Labute approximate surface area is 98.8 Å². The number of aromatic amines is 1. The molecule has 2 N–H and O–H groups in total. The van der Waals surface area contributed by atoms with Gasteiger partial charge in [-0.15, -0.1) is 0 Å². The summed E-state index contributed by atoms with van der Waals surface area (Å²) in [5, 5.41) is 3.18. The van der Waals surface area contributed by atoms with Crippen LogP contribution in [-0.4, -0.2) is 50.8 Å². The van der Waals surface area contributed by atoms with E-state index in [2.05, 4.69) is 15.3 Å². The van der Waals surface area contributed by atoms with Gasteiger partial charge in [0.15, 0.2) is 9.84 Å². The molecule has 0 bridgehead atoms. The maximum atomic E-state index is 11.6. The molecule has 0 spiro atoms. The van der Waals surface area contributed by atoms with Crippen LogP contribution in [0.1, 0.15) is 0 Å². The molecule has 94 valence electrons. The molecule has 7 nitrogen and oxygen atoms in total. The molecular weight excluding hydrogens is 244 g/mol. The topological polar surface area (TPSA) is 95.2 Å². The number of hydrogen-bond acceptors (Lipinski definition) is 6. The third-order valence-electron chi connectivity index (χ3n) is 2.57. The molecule has 8 heteroatoms. The second kappa shape index (κ2) is 4.46. The van der Waals surface area contributed by atoms with Crippen molar-refractivity contribution in [1.82, 2.24) is 15.3 Å². The zero-order valence-corrected chi connectivity index (χ0v) is 10.2. The average Bonchev–Trinajstić information content (AvgIpc) is 2.28. The summed E-state index contributed by atoms with van der Waals surface area (Å²) in [7, 11) is -3.52. The van der Waals surface area contributed by atoms with Gasteiger partial charge in [0.2, 0.25) is 5.95 Å². The van der Waals surface area contributed by atoms with Gasteiger partial charge >= 0.3 is 0 Å². The van der Waals surface area contributed by atoms with Crippen LogP contribution in [0.15, 0.2) is 15.9 Å². The van der Waals surface area contributed by atoms with Crippen molar-refractivity contribution in [2.75, 3.05) is 37.3 Å². The Bertz CT molecular complexity index is 560. The number of anilines is 1. The fourth-order valence-corrected chi connectivity index (χ4v) is 2.31. The summed E-state index contributed by atoms with van der Waals surface area (Å²) < 4.78 is 22.5. The highest BCUT2D eigenvalue weighted by atomic mass is 32.2. The number of nitrogens with zero attached hydrogens (tertiary/aromatic N) is 2. The molecule has 0 radical (unpaired) electrons. The summed E-state index contributed by atoms with van der Waals surface area (Å²) in [6.07, 6.45) is 2.11. The van der Waals surface area contributed by atoms with Crippen LogP contribution >= 0.6 is 0 Å². The average molecular weight is 258 g/mol. The summed E-state index contributed by atoms with van der Waals surface area (Å²) in [6.45, 7) is 3.11. The molecule has 1 saturated heterocycles. The van der Waals surface area contributed by atoms with E-state index >= 15 is 0 Å². The van der Waals surface area contributed by atoms with Crippen molar-refractivity contribution in [2.24, 2.45) is 0 Å². The van der Waals surface area contributed by atoms with Gasteiger partial charge in [-0.1, -0.05) is 0 Å². The summed E-state index contributed by atoms with van der Waals surface area (Å²) >= 11 is 0. The van der Waals surface area contributed by atoms with Crippen molar-refractivity contribution in [2.45, 2.75) is 4.90 Å². The van der Waals surface area contributed by atoms with E-state index in [0.717, 1.165) is 38.6 Å². The Hall–Kier alpha value is -1.41. The second-order valence-corrected chi connectivity index (χ2v) is 5.89. The first kappa shape index (κ1) is 12.1. The van der Waals surface area contributed by atoms with E-state index < -0.39 is 15.4 Å². The molecule has 1 aliphatic rings. The predicted octanol–water partition coefficient (Wildman–Crippen LogP) is -1.42. The van der Waals surface area contributed by atoms with Crippen LogP contribution in [-0.2, 0) is 9.84 Å². The molecule has 0 unspecified atom stereocenters. The monoisotopic (exact) mass is 258 g/mol. The number of rotatable bonds is 2. The van der Waals surface area contributed by atoms with Gasteiger partial charge in [-0.05, 0) is 0 Å². The van der Waals surface area contributed by atoms with Crippen LogP contribution in [0.2, 0.25) is 0 Å². The Balaban J connectivity index is 2.34. The highest BCUT2D eigenvalue weighted by molar-refractivity contribution is 7.90. The third-order valence-corrected chi connectivity index (χ3v) is 3.66. The molecule has 17 heavy (non-hydrogen) atoms. The van der Waals surface area contributed by atoms with Crippen molar-refractivity contribution in [3.05, 3.63) is 16.6 Å². The number of sulfone groups is 1. The van der Waals surface area contributed by atoms with Gasteiger partial charge in [0.1, 0.15) is 4.90 Å². The van der Waals surface area contributed by atoms with Crippen molar-refractivity contribution in [3.63, 3.8) is 0 Å². The molecule has 0 saturated carbocycles. The normalized spacial score (nSPS) is 17.1. The van der Waals surface area contributed by atoms with Gasteiger partial charge in [0, 0.05) is 32.4 Å². The predicted molar refractivity (Wildman–Crippen MR) is 63.1 cm³/mol. The summed E-state index contributed by atoms with van der Waals surface area (Å²) in [5.74, 6) is 0.420. The zero-order chi connectivity index (χ0) is 12.5. The van der Waals surface area contributed by atoms with Crippen LogP contribution in [0, 0.1) is 0 Å². The molecular formula is C9H14N4O3S. The summed E-state index contributed by atoms with van der Waals surface area (Å²) in [5.41, 5.74) is -0.615. The van der Waals surface area contributed by atoms with E-state index in [9.17, 15) is 13.2 Å². The first-order valence-corrected chi connectivity index (χ1v) is 7.12. The minimum absolute atomic E-state index is 0.295. The Kier molecular flexibility index (Phi) is 3.16. The maximum absolute atomic E-state index is 11.6. The fourth-order valence-electron chi connectivity index (χ4n) is 1.68. The minimum atomic E-state index is -3.52. The van der Waals surface area contributed by atoms with Crippen LogP contribution in [0.4, 0.5) is 5.95 Å². The van der Waals surface area contributed by atoms with Crippen molar-refractivity contribution in [3.8, 4) is 0 Å². The standard InChI is InChI=1S/C9H14N4O3S/c1-17(15,16)7-6-11-9(12-8(7)14)13-4-2-10-3-5-13/h6,10H,2-5H2,1H3,(H,11,12,14). The lowest BCUT2D eigenvalue weighted by atomic mass is 10.4. The van der Waals surface area contributed by atoms with Gasteiger partial charge in [0.05, 0.1) is 6.20 Å².